The van der Waals surface area contributed by atoms with Crippen molar-refractivity contribution in [1.82, 2.24) is 14.7 Å². The van der Waals surface area contributed by atoms with Crippen molar-refractivity contribution in [1.29, 1.82) is 0 Å². The molecule has 2 atom stereocenters. The van der Waals surface area contributed by atoms with Gasteiger partial charge in [-0.25, -0.2) is 0 Å². The van der Waals surface area contributed by atoms with Crippen molar-refractivity contribution in [3.63, 3.8) is 0 Å². The largest absolute Gasteiger partial charge is 0.496 e. The highest BCUT2D eigenvalue weighted by molar-refractivity contribution is 5.77. The maximum absolute atomic E-state index is 12.2. The van der Waals surface area contributed by atoms with E-state index in [2.05, 4.69) is 41.8 Å². The molecule has 0 radical (unpaired) electrons. The monoisotopic (exact) mass is 373 g/mol. The third kappa shape index (κ3) is 4.82. The first-order valence-electron chi connectivity index (χ1n) is 10.2. The van der Waals surface area contributed by atoms with Gasteiger partial charge in [-0.1, -0.05) is 26.0 Å². The Balaban J connectivity index is 1.73. The summed E-state index contributed by atoms with van der Waals surface area (Å²) in [5.41, 5.74) is 2.65. The van der Waals surface area contributed by atoms with Gasteiger partial charge in [-0.2, -0.15) is 0 Å². The molecule has 0 saturated carbocycles. The van der Waals surface area contributed by atoms with Crippen LogP contribution in [-0.2, 0) is 11.3 Å². The molecule has 1 aromatic carbocycles. The van der Waals surface area contributed by atoms with Gasteiger partial charge in [-0.3, -0.25) is 14.6 Å². The van der Waals surface area contributed by atoms with E-state index in [-0.39, 0.29) is 5.91 Å². The predicted molar refractivity (Wildman–Crippen MR) is 109 cm³/mol. The van der Waals surface area contributed by atoms with Gasteiger partial charge in [0.1, 0.15) is 5.75 Å². The van der Waals surface area contributed by atoms with Crippen LogP contribution in [0.2, 0.25) is 0 Å². The molecule has 3 aliphatic rings. The van der Waals surface area contributed by atoms with Crippen LogP contribution < -0.4 is 4.74 Å². The van der Waals surface area contributed by atoms with Crippen molar-refractivity contribution in [2.45, 2.75) is 45.2 Å². The third-order valence-electron chi connectivity index (χ3n) is 6.10. The molecule has 0 aromatic heterocycles. The fraction of sp³-hybridized carbons (Fsp3) is 0.682. The minimum Gasteiger partial charge on any atom is -0.496 e. The number of rotatable bonds is 6. The summed E-state index contributed by atoms with van der Waals surface area (Å²) in [6.07, 6.45) is 2.50. The number of ether oxygens (including phenoxy) is 1. The second-order valence-electron chi connectivity index (χ2n) is 8.73. The summed E-state index contributed by atoms with van der Waals surface area (Å²) in [5.74, 6) is 2.36. The van der Waals surface area contributed by atoms with Gasteiger partial charge in [-0.05, 0) is 36.3 Å². The molecule has 2 bridgehead atoms. The fourth-order valence-corrected chi connectivity index (χ4v) is 4.43. The summed E-state index contributed by atoms with van der Waals surface area (Å²) in [5, 5.41) is 0. The first-order valence-corrected chi connectivity index (χ1v) is 10.2. The molecular weight excluding hydrogens is 338 g/mol. The minimum atomic E-state index is 0.203. The molecule has 3 saturated heterocycles. The lowest BCUT2D eigenvalue weighted by atomic mass is 9.93. The van der Waals surface area contributed by atoms with E-state index in [4.69, 9.17) is 4.74 Å². The lowest BCUT2D eigenvalue weighted by Crippen LogP contribution is -2.44. The van der Waals surface area contributed by atoms with E-state index >= 15 is 0 Å². The zero-order valence-electron chi connectivity index (χ0n) is 17.6. The predicted octanol–water partition coefficient (Wildman–Crippen LogP) is 2.80. The minimum absolute atomic E-state index is 0.203. The van der Waals surface area contributed by atoms with E-state index in [1.807, 2.05) is 14.1 Å². The first kappa shape index (κ1) is 20.2. The number of nitrogens with zero attached hydrogens (tertiary/aromatic N) is 3. The van der Waals surface area contributed by atoms with E-state index in [1.165, 1.54) is 24.0 Å². The van der Waals surface area contributed by atoms with Crippen molar-refractivity contribution in [3.8, 4) is 5.75 Å². The maximum atomic E-state index is 12.2. The SMILES string of the molecule is COc1ccc(C(C)C)cc1CN1C[C@@H]2CC[C@H]1CN(CC(=O)N(C)C)C2. The van der Waals surface area contributed by atoms with Crippen LogP contribution in [0.3, 0.4) is 0 Å². The topological polar surface area (TPSA) is 36.0 Å². The Labute approximate surface area is 164 Å². The Morgan fingerprint density at radius 3 is 2.67 bits per heavy atom. The zero-order valence-corrected chi connectivity index (χ0v) is 17.6. The average molecular weight is 374 g/mol. The highest BCUT2D eigenvalue weighted by Gasteiger charge is 2.35. The number of likely N-dealkylation sites (N-methyl/N-ethyl adjacent to an activating group) is 1. The number of carbonyl (C=O) groups excluding carboxylic acids is 1. The number of fused-ring (bicyclic) bond motifs is 4. The average Bonchev–Trinajstić information content (AvgIpc) is 2.92. The Hall–Kier alpha value is -1.59. The second-order valence-corrected chi connectivity index (χ2v) is 8.73. The molecule has 5 nitrogen and oxygen atoms in total. The van der Waals surface area contributed by atoms with Gasteiger partial charge in [-0.15, -0.1) is 0 Å². The van der Waals surface area contributed by atoms with Gasteiger partial charge in [0.25, 0.3) is 0 Å². The molecule has 3 heterocycles. The van der Waals surface area contributed by atoms with E-state index in [0.29, 0.717) is 24.4 Å². The highest BCUT2D eigenvalue weighted by atomic mass is 16.5. The molecule has 5 heteroatoms. The van der Waals surface area contributed by atoms with Crippen LogP contribution in [0.4, 0.5) is 0 Å². The van der Waals surface area contributed by atoms with Crippen molar-refractivity contribution in [2.75, 3.05) is 47.4 Å². The summed E-state index contributed by atoms with van der Waals surface area (Å²) in [6.45, 7) is 9.09. The number of carbonyl (C=O) groups is 1. The second kappa shape index (κ2) is 8.61. The molecule has 0 spiro atoms. The third-order valence-corrected chi connectivity index (χ3v) is 6.10. The Bertz CT molecular complexity index is 659. The number of methoxy groups -OCH3 is 1. The molecule has 27 heavy (non-hydrogen) atoms. The van der Waals surface area contributed by atoms with Gasteiger partial charge in [0.05, 0.1) is 13.7 Å². The molecule has 4 rings (SSSR count). The van der Waals surface area contributed by atoms with Crippen molar-refractivity contribution >= 4 is 5.91 Å². The van der Waals surface area contributed by atoms with Crippen LogP contribution in [0.15, 0.2) is 18.2 Å². The van der Waals surface area contributed by atoms with E-state index in [9.17, 15) is 4.79 Å². The number of amides is 1. The smallest absolute Gasteiger partial charge is 0.236 e. The molecule has 0 unspecified atom stereocenters. The molecule has 150 valence electrons. The van der Waals surface area contributed by atoms with E-state index < -0.39 is 0 Å². The summed E-state index contributed by atoms with van der Waals surface area (Å²) in [7, 11) is 5.45. The number of hydrogen-bond acceptors (Lipinski definition) is 4. The van der Waals surface area contributed by atoms with Gasteiger partial charge in [0, 0.05) is 51.9 Å². The number of benzene rings is 1. The van der Waals surface area contributed by atoms with Gasteiger partial charge in [0.15, 0.2) is 0 Å². The molecular formula is C22H35N3O2. The van der Waals surface area contributed by atoms with Gasteiger partial charge in [0.2, 0.25) is 5.91 Å². The van der Waals surface area contributed by atoms with E-state index in [1.54, 1.807) is 12.0 Å². The lowest BCUT2D eigenvalue weighted by molar-refractivity contribution is -0.130. The molecule has 0 N–H and O–H groups in total. The van der Waals surface area contributed by atoms with Gasteiger partial charge < -0.3 is 9.64 Å². The van der Waals surface area contributed by atoms with Crippen molar-refractivity contribution < 1.29 is 9.53 Å². The Morgan fingerprint density at radius 2 is 2.00 bits per heavy atom. The lowest BCUT2D eigenvalue weighted by Gasteiger charge is -2.36. The summed E-state index contributed by atoms with van der Waals surface area (Å²) >= 11 is 0. The molecule has 3 fully saturated rings. The van der Waals surface area contributed by atoms with E-state index in [0.717, 1.165) is 31.9 Å². The number of piperidine rings is 1. The van der Waals surface area contributed by atoms with Crippen LogP contribution in [0.5, 0.6) is 5.75 Å². The van der Waals surface area contributed by atoms with Crippen molar-refractivity contribution in [3.05, 3.63) is 29.3 Å². The fourth-order valence-electron chi connectivity index (χ4n) is 4.43. The van der Waals surface area contributed by atoms with Crippen LogP contribution in [-0.4, -0.2) is 74.0 Å². The maximum Gasteiger partial charge on any atom is 0.236 e. The van der Waals surface area contributed by atoms with Crippen LogP contribution in [0.25, 0.3) is 0 Å². The molecule has 1 amide bonds. The molecule has 0 aliphatic carbocycles. The Kier molecular flexibility index (Phi) is 6.43. The standard InChI is InChI=1S/C22H35N3O2/c1-16(2)18-7-9-21(27-5)19(10-18)13-25-12-17-6-8-20(25)14-24(11-17)15-22(26)23(3)4/h7,9-10,16-17,20H,6,8,11-15H2,1-5H3/t17-,20+/m1/s1. The first-order chi connectivity index (χ1) is 12.9. The summed E-state index contributed by atoms with van der Waals surface area (Å²) < 4.78 is 5.65. The van der Waals surface area contributed by atoms with Crippen LogP contribution in [0.1, 0.15) is 43.7 Å². The Morgan fingerprint density at radius 1 is 1.22 bits per heavy atom. The normalized spacial score (nSPS) is 23.5. The van der Waals surface area contributed by atoms with Crippen LogP contribution >= 0.6 is 0 Å². The summed E-state index contributed by atoms with van der Waals surface area (Å²) in [6, 6.07) is 7.13. The quantitative estimate of drug-likeness (QED) is 0.768. The molecule has 1 aromatic rings. The summed E-state index contributed by atoms with van der Waals surface area (Å²) in [4.78, 5) is 18.9. The zero-order chi connectivity index (χ0) is 19.6. The highest BCUT2D eigenvalue weighted by Crippen LogP contribution is 2.32. The van der Waals surface area contributed by atoms with Crippen molar-refractivity contribution in [2.24, 2.45) is 5.92 Å². The molecule has 3 aliphatic heterocycles. The number of hydrogen-bond donors (Lipinski definition) is 0. The van der Waals surface area contributed by atoms with Crippen LogP contribution in [0, 0.1) is 5.92 Å². The van der Waals surface area contributed by atoms with Gasteiger partial charge >= 0.3 is 0 Å².